The number of aromatic nitrogens is 1. The van der Waals surface area contributed by atoms with E-state index >= 15 is 0 Å². The van der Waals surface area contributed by atoms with E-state index in [9.17, 15) is 4.79 Å². The first-order valence-corrected chi connectivity index (χ1v) is 11.7. The number of nitrogens with one attached hydrogen (secondary N) is 1. The molecule has 4 nitrogen and oxygen atoms in total. The number of para-hydroxylation sites is 1. The fourth-order valence-corrected chi connectivity index (χ4v) is 6.54. The number of thiol groups is 1. The minimum atomic E-state index is -0.185. The van der Waals surface area contributed by atoms with Crippen molar-refractivity contribution < 1.29 is 4.79 Å². The van der Waals surface area contributed by atoms with E-state index in [1.54, 1.807) is 0 Å². The second kappa shape index (κ2) is 7.17. The Bertz CT molecular complexity index is 1090. The third kappa shape index (κ3) is 2.68. The van der Waals surface area contributed by atoms with Crippen molar-refractivity contribution in [2.75, 3.05) is 0 Å². The van der Waals surface area contributed by atoms with Crippen LogP contribution in [0.1, 0.15) is 55.0 Å². The lowest BCUT2D eigenvalue weighted by molar-refractivity contribution is -0.132. The molecule has 5 heteroatoms. The maximum absolute atomic E-state index is 13.7. The first kappa shape index (κ1) is 18.5. The average Bonchev–Trinajstić information content (AvgIpc) is 3.28. The second-order valence-electron chi connectivity index (χ2n) is 8.93. The normalized spacial score (nSPS) is 27.4. The minimum absolute atomic E-state index is 0.00684. The Labute approximate surface area is 182 Å². The van der Waals surface area contributed by atoms with Gasteiger partial charge < -0.3 is 9.88 Å². The summed E-state index contributed by atoms with van der Waals surface area (Å²) in [6.07, 6.45) is 6.67. The molecule has 1 N–H and O–H groups in total. The van der Waals surface area contributed by atoms with Gasteiger partial charge in [0.05, 0.1) is 12.1 Å². The van der Waals surface area contributed by atoms with Crippen LogP contribution in [0.5, 0.6) is 0 Å². The van der Waals surface area contributed by atoms with Gasteiger partial charge in [0, 0.05) is 22.6 Å². The Morgan fingerprint density at radius 3 is 2.47 bits per heavy atom. The number of carbonyl (C=O) groups excluding carboxylic acids is 1. The van der Waals surface area contributed by atoms with Crippen LogP contribution in [0.25, 0.3) is 10.9 Å². The van der Waals surface area contributed by atoms with Gasteiger partial charge in [-0.15, -0.1) is 12.6 Å². The van der Waals surface area contributed by atoms with Gasteiger partial charge in [0.25, 0.3) is 0 Å². The van der Waals surface area contributed by atoms with Crippen molar-refractivity contribution in [3.8, 4) is 0 Å². The zero-order chi connectivity index (χ0) is 20.2. The highest BCUT2D eigenvalue weighted by molar-refractivity contribution is 7.80. The first-order valence-electron chi connectivity index (χ1n) is 11.2. The van der Waals surface area contributed by atoms with Crippen molar-refractivity contribution in [3.05, 3.63) is 71.4 Å². The van der Waals surface area contributed by atoms with Gasteiger partial charge in [0.1, 0.15) is 5.50 Å². The number of nitrogens with zero attached hydrogens (tertiary/aromatic N) is 2. The van der Waals surface area contributed by atoms with E-state index in [-0.39, 0.29) is 23.5 Å². The molecule has 154 valence electrons. The molecule has 0 radical (unpaired) electrons. The standard InChI is InChI=1S/C25H27N3OS/c29-24-21-15-19-18-13-7-8-14-20(18)26-22(19)23(16-9-3-1-4-10-16)28(21)25(30)27(24)17-11-5-2-6-12-17/h1,3-4,7-10,13-14,17,21,23,25-26,30H,2,5-6,11-12,15H2. The number of carbonyl (C=O) groups is 1. The zero-order valence-corrected chi connectivity index (χ0v) is 17.9. The number of hydrogen-bond donors (Lipinski definition) is 2. The largest absolute Gasteiger partial charge is 0.357 e. The van der Waals surface area contributed by atoms with Gasteiger partial charge in [-0.2, -0.15) is 0 Å². The topological polar surface area (TPSA) is 39.3 Å². The maximum Gasteiger partial charge on any atom is 0.242 e. The van der Waals surface area contributed by atoms with Crippen LogP contribution in [0.3, 0.4) is 0 Å². The summed E-state index contributed by atoms with van der Waals surface area (Å²) in [4.78, 5) is 21.9. The Balaban J connectivity index is 1.50. The van der Waals surface area contributed by atoms with E-state index < -0.39 is 0 Å². The molecule has 2 fully saturated rings. The molecule has 1 aliphatic carbocycles. The van der Waals surface area contributed by atoms with Gasteiger partial charge >= 0.3 is 0 Å². The smallest absolute Gasteiger partial charge is 0.242 e. The highest BCUT2D eigenvalue weighted by Crippen LogP contribution is 2.47. The molecular weight excluding hydrogens is 390 g/mol. The van der Waals surface area contributed by atoms with Crippen LogP contribution in [0.4, 0.5) is 0 Å². The number of fused-ring (bicyclic) bond motifs is 4. The minimum Gasteiger partial charge on any atom is -0.357 e. The van der Waals surface area contributed by atoms with Gasteiger partial charge in [0.2, 0.25) is 5.91 Å². The summed E-state index contributed by atoms with van der Waals surface area (Å²) in [5, 5.41) is 1.24. The molecule has 0 bridgehead atoms. The summed E-state index contributed by atoms with van der Waals surface area (Å²) in [5.74, 6) is 0.263. The number of rotatable bonds is 2. The highest BCUT2D eigenvalue weighted by atomic mass is 32.1. The SMILES string of the molecule is O=C1C2Cc3c([nH]c4ccccc34)C(c3ccccc3)N2C(S)N1C1CCCCC1. The molecule has 6 rings (SSSR count). The molecule has 0 spiro atoms. The molecule has 2 aromatic carbocycles. The molecule has 1 saturated heterocycles. The third-order valence-electron chi connectivity index (χ3n) is 7.31. The van der Waals surface area contributed by atoms with Gasteiger partial charge in [-0.3, -0.25) is 4.79 Å². The number of hydrogen-bond acceptors (Lipinski definition) is 3. The van der Waals surface area contributed by atoms with Gasteiger partial charge in [-0.25, -0.2) is 4.90 Å². The number of H-pyrrole nitrogens is 1. The number of benzene rings is 2. The van der Waals surface area contributed by atoms with Crippen LogP contribution in [-0.2, 0) is 11.2 Å². The van der Waals surface area contributed by atoms with Crippen molar-refractivity contribution in [2.45, 2.75) is 62.1 Å². The van der Waals surface area contributed by atoms with Gasteiger partial charge in [-0.1, -0.05) is 67.8 Å². The van der Waals surface area contributed by atoms with Crippen LogP contribution >= 0.6 is 12.6 Å². The van der Waals surface area contributed by atoms with E-state index in [1.165, 1.54) is 41.5 Å². The number of amides is 1. The van der Waals surface area contributed by atoms with Crippen molar-refractivity contribution >= 4 is 29.4 Å². The monoisotopic (exact) mass is 417 g/mol. The fraction of sp³-hybridized carbons (Fsp3) is 0.400. The van der Waals surface area contributed by atoms with Crippen molar-refractivity contribution in [2.24, 2.45) is 0 Å². The average molecular weight is 418 g/mol. The molecule has 3 aliphatic rings. The summed E-state index contributed by atoms with van der Waals surface area (Å²) >= 11 is 5.06. The van der Waals surface area contributed by atoms with Gasteiger partial charge in [0.15, 0.2) is 0 Å². The Hall–Kier alpha value is -2.24. The maximum atomic E-state index is 13.7. The summed E-state index contributed by atoms with van der Waals surface area (Å²) in [5.41, 5.74) is 4.69. The third-order valence-corrected chi connectivity index (χ3v) is 7.83. The van der Waals surface area contributed by atoms with Crippen molar-refractivity contribution in [1.82, 2.24) is 14.8 Å². The summed E-state index contributed by atoms with van der Waals surface area (Å²) in [6, 6.07) is 19.2. The molecule has 3 atom stereocenters. The number of aromatic amines is 1. The highest BCUT2D eigenvalue weighted by Gasteiger charge is 2.53. The van der Waals surface area contributed by atoms with Gasteiger partial charge in [-0.05, 0) is 36.5 Å². The van der Waals surface area contributed by atoms with Crippen LogP contribution in [0.15, 0.2) is 54.6 Å². The lowest BCUT2D eigenvalue weighted by Gasteiger charge is -2.40. The van der Waals surface area contributed by atoms with E-state index in [4.69, 9.17) is 12.6 Å². The van der Waals surface area contributed by atoms with Crippen molar-refractivity contribution in [3.63, 3.8) is 0 Å². The Morgan fingerprint density at radius 1 is 0.933 bits per heavy atom. The Kier molecular flexibility index (Phi) is 4.43. The quantitative estimate of drug-likeness (QED) is 0.584. The lowest BCUT2D eigenvalue weighted by Crippen LogP contribution is -2.45. The van der Waals surface area contributed by atoms with E-state index in [2.05, 4.69) is 69.4 Å². The molecule has 3 aromatic rings. The van der Waals surface area contributed by atoms with Crippen LogP contribution in [-0.4, -0.2) is 38.3 Å². The fourth-order valence-electron chi connectivity index (χ4n) is 5.94. The summed E-state index contributed by atoms with van der Waals surface area (Å²) < 4.78 is 0. The van der Waals surface area contributed by atoms with Crippen LogP contribution in [0, 0.1) is 0 Å². The second-order valence-corrected chi connectivity index (χ2v) is 9.39. The zero-order valence-electron chi connectivity index (χ0n) is 17.0. The van der Waals surface area contributed by atoms with E-state index in [0.29, 0.717) is 6.04 Å². The molecule has 3 heterocycles. The molecule has 1 aromatic heterocycles. The van der Waals surface area contributed by atoms with E-state index in [0.717, 1.165) is 24.8 Å². The molecule has 1 saturated carbocycles. The van der Waals surface area contributed by atoms with Crippen LogP contribution in [0.2, 0.25) is 0 Å². The molecular formula is C25H27N3OS. The van der Waals surface area contributed by atoms with Crippen LogP contribution < -0.4 is 0 Å². The molecule has 3 unspecified atom stereocenters. The molecule has 1 amide bonds. The predicted molar refractivity (Wildman–Crippen MR) is 122 cm³/mol. The molecule has 2 aliphatic heterocycles. The Morgan fingerprint density at radius 2 is 1.67 bits per heavy atom. The predicted octanol–water partition coefficient (Wildman–Crippen LogP) is 4.87. The first-order chi connectivity index (χ1) is 14.7. The lowest BCUT2D eigenvalue weighted by atomic mass is 9.89. The summed E-state index contributed by atoms with van der Waals surface area (Å²) in [6.45, 7) is 0. The molecule has 30 heavy (non-hydrogen) atoms. The van der Waals surface area contributed by atoms with Crippen molar-refractivity contribution in [1.29, 1.82) is 0 Å². The van der Waals surface area contributed by atoms with E-state index in [1.807, 2.05) is 0 Å². The summed E-state index contributed by atoms with van der Waals surface area (Å²) in [7, 11) is 0.